The van der Waals surface area contributed by atoms with Gasteiger partial charge in [0.15, 0.2) is 0 Å². The van der Waals surface area contributed by atoms with E-state index in [-0.39, 0.29) is 11.9 Å². The molecule has 1 N–H and O–H groups in total. The van der Waals surface area contributed by atoms with Crippen LogP contribution in [0.25, 0.3) is 10.9 Å². The summed E-state index contributed by atoms with van der Waals surface area (Å²) in [4.78, 5) is 12.3. The number of carbonyl (C=O) groups excluding carboxylic acids is 1. The van der Waals surface area contributed by atoms with Gasteiger partial charge < -0.3 is 9.88 Å². The van der Waals surface area contributed by atoms with Crippen LogP contribution in [0.5, 0.6) is 0 Å². The van der Waals surface area contributed by atoms with Crippen molar-refractivity contribution in [3.63, 3.8) is 0 Å². The van der Waals surface area contributed by atoms with Gasteiger partial charge in [0.05, 0.1) is 5.56 Å². The molecule has 0 radical (unpaired) electrons. The molecule has 1 unspecified atom stereocenters. The summed E-state index contributed by atoms with van der Waals surface area (Å²) >= 11 is 0. The van der Waals surface area contributed by atoms with Crippen LogP contribution in [0.1, 0.15) is 23.2 Å². The zero-order chi connectivity index (χ0) is 12.5. The summed E-state index contributed by atoms with van der Waals surface area (Å²) in [5.74, 6) is 0.0170. The molecule has 0 fully saturated rings. The number of nitrogens with zero attached hydrogens (tertiary/aromatic N) is 1. The third-order valence-corrected chi connectivity index (χ3v) is 3.47. The Labute approximate surface area is 106 Å². The number of aromatic nitrogens is 1. The van der Waals surface area contributed by atoms with E-state index in [0.717, 1.165) is 29.3 Å². The quantitative estimate of drug-likeness (QED) is 0.804. The lowest BCUT2D eigenvalue weighted by Crippen LogP contribution is -2.31. The normalized spacial score (nSPS) is 18.4. The van der Waals surface area contributed by atoms with Crippen LogP contribution in [0.4, 0.5) is 0 Å². The molecule has 1 atom stereocenters. The molecule has 3 nitrogen and oxygen atoms in total. The molecular weight excluding hydrogens is 224 g/mol. The number of para-hydroxylation sites is 1. The number of aryl methyl sites for hydroxylation is 1. The summed E-state index contributed by atoms with van der Waals surface area (Å²) in [7, 11) is 1.97. The summed E-state index contributed by atoms with van der Waals surface area (Å²) < 4.78 is 1.99. The third-order valence-electron chi connectivity index (χ3n) is 3.47. The minimum absolute atomic E-state index is 0.0170. The van der Waals surface area contributed by atoms with E-state index >= 15 is 0 Å². The fourth-order valence-corrected chi connectivity index (χ4v) is 2.52. The van der Waals surface area contributed by atoms with Gasteiger partial charge in [-0.05, 0) is 18.9 Å². The second-order valence-electron chi connectivity index (χ2n) is 4.76. The number of nitrogens with one attached hydrogen (secondary N) is 1. The van der Waals surface area contributed by atoms with Gasteiger partial charge in [0, 0.05) is 30.2 Å². The molecule has 1 aliphatic carbocycles. The maximum absolute atomic E-state index is 12.3. The number of carbonyl (C=O) groups is 1. The van der Waals surface area contributed by atoms with Gasteiger partial charge in [-0.15, -0.1) is 0 Å². The van der Waals surface area contributed by atoms with Crippen molar-refractivity contribution in [1.82, 2.24) is 9.88 Å². The first-order valence-electron chi connectivity index (χ1n) is 6.27. The highest BCUT2D eigenvalue weighted by molar-refractivity contribution is 6.07. The van der Waals surface area contributed by atoms with Crippen LogP contribution in [-0.2, 0) is 7.05 Å². The van der Waals surface area contributed by atoms with Crippen LogP contribution < -0.4 is 5.32 Å². The summed E-state index contributed by atoms with van der Waals surface area (Å²) in [6.07, 6.45) is 8.16. The monoisotopic (exact) mass is 240 g/mol. The minimum atomic E-state index is 0.0170. The van der Waals surface area contributed by atoms with Gasteiger partial charge in [0.2, 0.25) is 0 Å². The van der Waals surface area contributed by atoms with Gasteiger partial charge in [-0.3, -0.25) is 4.79 Å². The average Bonchev–Trinajstić information content (AvgIpc) is 2.98. The lowest BCUT2D eigenvalue weighted by molar-refractivity contribution is 0.0946. The summed E-state index contributed by atoms with van der Waals surface area (Å²) in [6, 6.07) is 8.17. The van der Waals surface area contributed by atoms with Crippen molar-refractivity contribution in [2.24, 2.45) is 7.05 Å². The van der Waals surface area contributed by atoms with Crippen molar-refractivity contribution in [3.8, 4) is 0 Å². The molecule has 0 aliphatic heterocycles. The molecule has 3 heteroatoms. The first-order valence-corrected chi connectivity index (χ1v) is 6.27. The Bertz CT molecular complexity index is 624. The molecule has 1 aliphatic rings. The van der Waals surface area contributed by atoms with E-state index in [1.807, 2.05) is 42.1 Å². The highest BCUT2D eigenvalue weighted by Crippen LogP contribution is 2.20. The van der Waals surface area contributed by atoms with E-state index in [2.05, 4.69) is 17.5 Å². The Morgan fingerprint density at radius 1 is 1.39 bits per heavy atom. The van der Waals surface area contributed by atoms with Crippen LogP contribution in [0, 0.1) is 0 Å². The van der Waals surface area contributed by atoms with E-state index in [1.165, 1.54) is 0 Å². The number of amides is 1. The molecule has 0 saturated heterocycles. The van der Waals surface area contributed by atoms with E-state index in [1.54, 1.807) is 0 Å². The van der Waals surface area contributed by atoms with Crippen molar-refractivity contribution >= 4 is 16.8 Å². The summed E-state index contributed by atoms with van der Waals surface area (Å²) in [5, 5.41) is 4.07. The molecule has 18 heavy (non-hydrogen) atoms. The van der Waals surface area contributed by atoms with Gasteiger partial charge in [-0.1, -0.05) is 30.4 Å². The predicted molar refractivity (Wildman–Crippen MR) is 72.5 cm³/mol. The zero-order valence-electron chi connectivity index (χ0n) is 10.4. The van der Waals surface area contributed by atoms with Crippen LogP contribution >= 0.6 is 0 Å². The van der Waals surface area contributed by atoms with Crippen molar-refractivity contribution < 1.29 is 4.79 Å². The van der Waals surface area contributed by atoms with Gasteiger partial charge in [-0.2, -0.15) is 0 Å². The number of benzene rings is 1. The second kappa shape index (κ2) is 4.33. The van der Waals surface area contributed by atoms with Crippen molar-refractivity contribution in [1.29, 1.82) is 0 Å². The molecule has 1 aromatic heterocycles. The smallest absolute Gasteiger partial charge is 0.253 e. The maximum Gasteiger partial charge on any atom is 0.253 e. The molecule has 0 bridgehead atoms. The highest BCUT2D eigenvalue weighted by atomic mass is 16.1. The van der Waals surface area contributed by atoms with Gasteiger partial charge in [0.25, 0.3) is 5.91 Å². The highest BCUT2D eigenvalue weighted by Gasteiger charge is 2.17. The summed E-state index contributed by atoms with van der Waals surface area (Å²) in [5.41, 5.74) is 1.85. The van der Waals surface area contributed by atoms with Crippen molar-refractivity contribution in [2.75, 3.05) is 0 Å². The average molecular weight is 240 g/mol. The first-order chi connectivity index (χ1) is 8.75. The SMILES string of the molecule is Cn1cc(C(=O)NC2C=CCC2)c2ccccc21. The molecule has 0 spiro atoms. The number of hydrogen-bond donors (Lipinski definition) is 1. The Morgan fingerprint density at radius 3 is 3.00 bits per heavy atom. The molecular formula is C15H16N2O. The molecule has 1 heterocycles. The number of fused-ring (bicyclic) bond motifs is 1. The number of allylic oxidation sites excluding steroid dienone is 1. The van der Waals surface area contributed by atoms with Crippen LogP contribution in [-0.4, -0.2) is 16.5 Å². The van der Waals surface area contributed by atoms with Crippen molar-refractivity contribution in [2.45, 2.75) is 18.9 Å². The minimum Gasteiger partial charge on any atom is -0.350 e. The fourth-order valence-electron chi connectivity index (χ4n) is 2.52. The van der Waals surface area contributed by atoms with E-state index in [9.17, 15) is 4.79 Å². The van der Waals surface area contributed by atoms with Crippen molar-refractivity contribution in [3.05, 3.63) is 48.2 Å². The lowest BCUT2D eigenvalue weighted by Gasteiger charge is -2.09. The number of rotatable bonds is 2. The summed E-state index contributed by atoms with van der Waals surface area (Å²) in [6.45, 7) is 0. The van der Waals surface area contributed by atoms with E-state index < -0.39 is 0 Å². The zero-order valence-corrected chi connectivity index (χ0v) is 10.4. The Morgan fingerprint density at radius 2 is 2.22 bits per heavy atom. The maximum atomic E-state index is 12.3. The molecule has 0 saturated carbocycles. The largest absolute Gasteiger partial charge is 0.350 e. The first kappa shape index (κ1) is 11.1. The van der Waals surface area contributed by atoms with Gasteiger partial charge >= 0.3 is 0 Å². The molecule has 1 amide bonds. The molecule has 92 valence electrons. The second-order valence-corrected chi connectivity index (χ2v) is 4.76. The Hall–Kier alpha value is -2.03. The van der Waals surface area contributed by atoms with E-state index in [0.29, 0.717) is 0 Å². The van der Waals surface area contributed by atoms with Crippen LogP contribution in [0.3, 0.4) is 0 Å². The van der Waals surface area contributed by atoms with E-state index in [4.69, 9.17) is 0 Å². The topological polar surface area (TPSA) is 34.0 Å². The molecule has 2 aromatic rings. The van der Waals surface area contributed by atoms with Crippen LogP contribution in [0.2, 0.25) is 0 Å². The standard InChI is InChI=1S/C15H16N2O/c1-17-10-13(12-8-4-5-9-14(12)17)15(18)16-11-6-2-3-7-11/h2,4-6,8-11H,3,7H2,1H3,(H,16,18). The Kier molecular flexibility index (Phi) is 2.67. The molecule has 1 aromatic carbocycles. The fraction of sp³-hybridized carbons (Fsp3) is 0.267. The lowest BCUT2D eigenvalue weighted by atomic mass is 10.1. The van der Waals surface area contributed by atoms with Crippen LogP contribution in [0.15, 0.2) is 42.6 Å². The number of hydrogen-bond acceptors (Lipinski definition) is 1. The predicted octanol–water partition coefficient (Wildman–Crippen LogP) is 2.63. The third kappa shape index (κ3) is 1.82. The Balaban J connectivity index is 1.93. The van der Waals surface area contributed by atoms with Gasteiger partial charge in [-0.25, -0.2) is 0 Å². The van der Waals surface area contributed by atoms with Gasteiger partial charge in [0.1, 0.15) is 0 Å². The molecule has 3 rings (SSSR count).